The zero-order chi connectivity index (χ0) is 13.3. The minimum Gasteiger partial charge on any atom is -0.465 e. The lowest BCUT2D eigenvalue weighted by molar-refractivity contribution is -0.163. The highest BCUT2D eigenvalue weighted by Gasteiger charge is 2.72. The Labute approximate surface area is 100 Å². The highest BCUT2D eigenvalue weighted by Crippen LogP contribution is 2.52. The van der Waals surface area contributed by atoms with E-state index in [2.05, 4.69) is 0 Å². The molecule has 0 bridgehead atoms. The first-order valence-electron chi connectivity index (χ1n) is 5.34. The van der Waals surface area contributed by atoms with Crippen molar-refractivity contribution in [2.45, 2.75) is 25.5 Å². The number of ether oxygens (including phenoxy) is 2. The molecule has 1 aliphatic rings. The standard InChI is InChI=1S/C10H16O6S/c1-4-15-8(11)10(9(12)16-5-2)6-7(10)17(3,13)14/h7H,4-6H2,1-3H3/t7-/m1/s1. The Kier molecular flexibility index (Phi) is 3.81. The second kappa shape index (κ2) is 4.64. The molecule has 0 amide bonds. The van der Waals surface area contributed by atoms with Crippen molar-refractivity contribution >= 4 is 21.8 Å². The molecule has 17 heavy (non-hydrogen) atoms. The normalized spacial score (nSPS) is 21.7. The molecule has 0 aromatic carbocycles. The maximum atomic E-state index is 11.7. The molecule has 0 radical (unpaired) electrons. The summed E-state index contributed by atoms with van der Waals surface area (Å²) in [4.78, 5) is 23.4. The predicted molar refractivity (Wildman–Crippen MR) is 58.9 cm³/mol. The van der Waals surface area contributed by atoms with Crippen LogP contribution in [0.2, 0.25) is 0 Å². The van der Waals surface area contributed by atoms with Gasteiger partial charge in [-0.1, -0.05) is 0 Å². The zero-order valence-corrected chi connectivity index (χ0v) is 10.9. The van der Waals surface area contributed by atoms with Gasteiger partial charge in [-0.3, -0.25) is 9.59 Å². The van der Waals surface area contributed by atoms with Gasteiger partial charge >= 0.3 is 11.9 Å². The van der Waals surface area contributed by atoms with E-state index in [0.29, 0.717) is 0 Å². The van der Waals surface area contributed by atoms with Crippen LogP contribution in [-0.2, 0) is 28.9 Å². The van der Waals surface area contributed by atoms with Gasteiger partial charge in [-0.15, -0.1) is 0 Å². The van der Waals surface area contributed by atoms with Crippen LogP contribution in [0, 0.1) is 5.41 Å². The molecule has 1 rings (SSSR count). The van der Waals surface area contributed by atoms with Gasteiger partial charge in [0.1, 0.15) is 0 Å². The lowest BCUT2D eigenvalue weighted by Crippen LogP contribution is -2.35. The second-order valence-corrected chi connectivity index (χ2v) is 6.16. The zero-order valence-electron chi connectivity index (χ0n) is 10.1. The van der Waals surface area contributed by atoms with E-state index in [1.54, 1.807) is 13.8 Å². The lowest BCUT2D eigenvalue weighted by Gasteiger charge is -2.13. The summed E-state index contributed by atoms with van der Waals surface area (Å²) < 4.78 is 32.3. The first-order chi connectivity index (χ1) is 7.80. The minimum absolute atomic E-state index is 0.0521. The fourth-order valence-corrected chi connectivity index (χ4v) is 3.27. The summed E-state index contributed by atoms with van der Waals surface area (Å²) in [5.74, 6) is -1.62. The van der Waals surface area contributed by atoms with Crippen LogP contribution >= 0.6 is 0 Å². The van der Waals surface area contributed by atoms with Crippen LogP contribution in [0.3, 0.4) is 0 Å². The molecule has 0 spiro atoms. The first-order valence-corrected chi connectivity index (χ1v) is 7.29. The number of hydrogen-bond acceptors (Lipinski definition) is 6. The summed E-state index contributed by atoms with van der Waals surface area (Å²) >= 11 is 0. The van der Waals surface area contributed by atoms with Crippen molar-refractivity contribution in [3.63, 3.8) is 0 Å². The Balaban J connectivity index is 2.99. The van der Waals surface area contributed by atoms with E-state index in [-0.39, 0.29) is 19.6 Å². The number of carbonyl (C=O) groups excluding carboxylic acids is 2. The molecule has 1 fully saturated rings. The molecule has 0 saturated heterocycles. The van der Waals surface area contributed by atoms with Crippen molar-refractivity contribution in [3.05, 3.63) is 0 Å². The van der Waals surface area contributed by atoms with E-state index >= 15 is 0 Å². The predicted octanol–water partition coefficient (Wildman–Crippen LogP) is -0.0841. The molecule has 0 aromatic rings. The van der Waals surface area contributed by atoms with Gasteiger partial charge in [-0.05, 0) is 20.3 Å². The van der Waals surface area contributed by atoms with Crippen LogP contribution in [0.5, 0.6) is 0 Å². The maximum absolute atomic E-state index is 11.7. The monoisotopic (exact) mass is 264 g/mol. The Morgan fingerprint density at radius 3 is 1.82 bits per heavy atom. The maximum Gasteiger partial charge on any atom is 0.324 e. The number of carbonyl (C=O) groups is 2. The molecule has 0 aromatic heterocycles. The van der Waals surface area contributed by atoms with Crippen LogP contribution in [0.25, 0.3) is 0 Å². The van der Waals surface area contributed by atoms with Crippen molar-refractivity contribution < 1.29 is 27.5 Å². The summed E-state index contributed by atoms with van der Waals surface area (Å²) in [5.41, 5.74) is -1.64. The Bertz CT molecular complexity index is 406. The summed E-state index contributed by atoms with van der Waals surface area (Å²) in [7, 11) is -3.47. The number of hydrogen-bond donors (Lipinski definition) is 0. The fourth-order valence-electron chi connectivity index (χ4n) is 1.78. The summed E-state index contributed by atoms with van der Waals surface area (Å²) in [6, 6.07) is 0. The Morgan fingerprint density at radius 2 is 1.59 bits per heavy atom. The summed E-state index contributed by atoms with van der Waals surface area (Å²) in [6.45, 7) is 3.37. The van der Waals surface area contributed by atoms with Crippen LogP contribution in [0.1, 0.15) is 20.3 Å². The minimum atomic E-state index is -3.47. The Hall–Kier alpha value is -1.11. The quantitative estimate of drug-likeness (QED) is 0.509. The van der Waals surface area contributed by atoms with Gasteiger partial charge in [0.2, 0.25) is 0 Å². The first kappa shape index (κ1) is 14.0. The molecule has 0 aliphatic heterocycles. The smallest absolute Gasteiger partial charge is 0.324 e. The van der Waals surface area contributed by atoms with Crippen molar-refractivity contribution in [2.75, 3.05) is 19.5 Å². The van der Waals surface area contributed by atoms with Gasteiger partial charge in [0, 0.05) is 6.26 Å². The third-order valence-corrected chi connectivity index (χ3v) is 4.30. The number of sulfone groups is 1. The lowest BCUT2D eigenvalue weighted by atomic mass is 10.1. The molecule has 1 atom stereocenters. The molecule has 0 heterocycles. The number of rotatable bonds is 5. The van der Waals surface area contributed by atoms with E-state index in [1.807, 2.05) is 0 Å². The molecular weight excluding hydrogens is 248 g/mol. The van der Waals surface area contributed by atoms with Crippen molar-refractivity contribution in [3.8, 4) is 0 Å². The largest absolute Gasteiger partial charge is 0.465 e. The molecular formula is C10H16O6S. The molecule has 0 N–H and O–H groups in total. The highest BCUT2D eigenvalue weighted by atomic mass is 32.2. The molecule has 1 saturated carbocycles. The van der Waals surface area contributed by atoms with Gasteiger partial charge in [-0.25, -0.2) is 8.42 Å². The SMILES string of the molecule is CCOC(=O)C1(C(=O)OCC)C[C@H]1S(C)(=O)=O. The van der Waals surface area contributed by atoms with E-state index in [4.69, 9.17) is 9.47 Å². The second-order valence-electron chi connectivity index (χ2n) is 3.93. The van der Waals surface area contributed by atoms with E-state index < -0.39 is 32.4 Å². The van der Waals surface area contributed by atoms with Crippen molar-refractivity contribution in [1.29, 1.82) is 0 Å². The van der Waals surface area contributed by atoms with E-state index in [0.717, 1.165) is 6.26 Å². The number of esters is 2. The third-order valence-electron chi connectivity index (χ3n) is 2.69. The average Bonchev–Trinajstić information content (AvgIpc) is 2.94. The molecule has 7 heteroatoms. The van der Waals surface area contributed by atoms with Crippen LogP contribution in [0.15, 0.2) is 0 Å². The Morgan fingerprint density at radius 1 is 1.18 bits per heavy atom. The third kappa shape index (κ3) is 2.43. The molecule has 6 nitrogen and oxygen atoms in total. The summed E-state index contributed by atoms with van der Waals surface area (Å²) in [5, 5.41) is -1.02. The van der Waals surface area contributed by atoms with Gasteiger partial charge in [-0.2, -0.15) is 0 Å². The van der Waals surface area contributed by atoms with Crippen molar-refractivity contribution in [1.82, 2.24) is 0 Å². The topological polar surface area (TPSA) is 86.7 Å². The van der Waals surface area contributed by atoms with E-state index in [9.17, 15) is 18.0 Å². The average molecular weight is 264 g/mol. The molecule has 98 valence electrons. The van der Waals surface area contributed by atoms with Gasteiger partial charge in [0.25, 0.3) is 0 Å². The molecule has 0 unspecified atom stereocenters. The van der Waals surface area contributed by atoms with Crippen LogP contribution in [0.4, 0.5) is 0 Å². The van der Waals surface area contributed by atoms with Crippen LogP contribution < -0.4 is 0 Å². The van der Waals surface area contributed by atoms with Gasteiger partial charge < -0.3 is 9.47 Å². The fraction of sp³-hybridized carbons (Fsp3) is 0.800. The highest BCUT2D eigenvalue weighted by molar-refractivity contribution is 7.91. The molecule has 1 aliphatic carbocycles. The van der Waals surface area contributed by atoms with E-state index in [1.165, 1.54) is 0 Å². The summed E-state index contributed by atoms with van der Waals surface area (Å²) in [6.07, 6.45) is 0.946. The van der Waals surface area contributed by atoms with Crippen LogP contribution in [-0.4, -0.2) is 45.1 Å². The van der Waals surface area contributed by atoms with Gasteiger partial charge in [0.15, 0.2) is 15.3 Å². The van der Waals surface area contributed by atoms with Gasteiger partial charge in [0.05, 0.1) is 18.5 Å². The van der Waals surface area contributed by atoms with Crippen molar-refractivity contribution in [2.24, 2.45) is 5.41 Å².